The number of hydrogen-bond acceptors (Lipinski definition) is 4. The van der Waals surface area contributed by atoms with E-state index in [-0.39, 0.29) is 5.91 Å². The second-order valence-corrected chi connectivity index (χ2v) is 5.16. The highest BCUT2D eigenvalue weighted by Crippen LogP contribution is 2.20. The predicted octanol–water partition coefficient (Wildman–Crippen LogP) is 3.48. The van der Waals surface area contributed by atoms with Crippen LogP contribution in [-0.4, -0.2) is 16.0 Å². The Balaban J connectivity index is 1.64. The number of amides is 1. The smallest absolute Gasteiger partial charge is 0.257 e. The number of aromatic nitrogens is 2. The molecule has 3 rings (SSSR count). The van der Waals surface area contributed by atoms with Gasteiger partial charge in [-0.2, -0.15) is 4.98 Å². The summed E-state index contributed by atoms with van der Waals surface area (Å²) in [6.07, 6.45) is 1.09. The zero-order valence-corrected chi connectivity index (χ0v) is 12.8. The summed E-state index contributed by atoms with van der Waals surface area (Å²) in [5, 5.41) is 6.75. The lowest BCUT2D eigenvalue weighted by atomic mass is 10.1. The fourth-order valence-electron chi connectivity index (χ4n) is 2.20. The Bertz CT molecular complexity index is 780. The third-order valence-electron chi connectivity index (χ3n) is 3.41. The second-order valence-electron chi connectivity index (χ2n) is 5.16. The van der Waals surface area contributed by atoms with Crippen molar-refractivity contribution < 1.29 is 9.32 Å². The number of carbonyl (C=O) groups is 1. The lowest BCUT2D eigenvalue weighted by Gasteiger charge is -2.05. The van der Waals surface area contributed by atoms with Gasteiger partial charge in [-0.25, -0.2) is 0 Å². The Morgan fingerprint density at radius 2 is 1.83 bits per heavy atom. The molecule has 0 fully saturated rings. The fraction of sp³-hybridized carbons (Fsp3) is 0.167. The highest BCUT2D eigenvalue weighted by atomic mass is 16.5. The first kappa shape index (κ1) is 15.0. The van der Waals surface area contributed by atoms with E-state index in [1.54, 1.807) is 0 Å². The molecule has 0 unspecified atom stereocenters. The monoisotopic (exact) mass is 307 g/mol. The summed E-state index contributed by atoms with van der Waals surface area (Å²) >= 11 is 0. The first-order valence-electron chi connectivity index (χ1n) is 7.51. The van der Waals surface area contributed by atoms with Crippen LogP contribution in [0.25, 0.3) is 11.5 Å². The van der Waals surface area contributed by atoms with Gasteiger partial charge < -0.3 is 9.84 Å². The van der Waals surface area contributed by atoms with E-state index in [0.29, 0.717) is 18.1 Å². The summed E-state index contributed by atoms with van der Waals surface area (Å²) in [6, 6.07) is 17.0. The van der Waals surface area contributed by atoms with Gasteiger partial charge >= 0.3 is 0 Å². The number of carbonyl (C=O) groups excluding carboxylic acids is 1. The van der Waals surface area contributed by atoms with Gasteiger partial charge in [-0.1, -0.05) is 42.4 Å². The van der Waals surface area contributed by atoms with Crippen LogP contribution < -0.4 is 5.32 Å². The van der Waals surface area contributed by atoms with Crippen LogP contribution in [-0.2, 0) is 17.6 Å². The van der Waals surface area contributed by atoms with Crippen molar-refractivity contribution >= 4 is 11.6 Å². The van der Waals surface area contributed by atoms with Crippen LogP contribution in [0.1, 0.15) is 18.3 Å². The predicted molar refractivity (Wildman–Crippen MR) is 87.9 cm³/mol. The van der Waals surface area contributed by atoms with Crippen molar-refractivity contribution in [2.45, 2.75) is 19.8 Å². The molecule has 1 heterocycles. The highest BCUT2D eigenvalue weighted by molar-refractivity contribution is 5.92. The van der Waals surface area contributed by atoms with Crippen LogP contribution in [0.2, 0.25) is 0 Å². The molecule has 0 radical (unpaired) electrons. The Labute approximate surface area is 134 Å². The Morgan fingerprint density at radius 1 is 1.09 bits per heavy atom. The number of nitrogens with zero attached hydrogens (tertiary/aromatic N) is 2. The molecular weight excluding hydrogens is 290 g/mol. The van der Waals surface area contributed by atoms with Crippen LogP contribution >= 0.6 is 0 Å². The van der Waals surface area contributed by atoms with Gasteiger partial charge in [0.2, 0.25) is 5.91 Å². The van der Waals surface area contributed by atoms with E-state index in [1.165, 1.54) is 0 Å². The van der Waals surface area contributed by atoms with Crippen molar-refractivity contribution in [1.29, 1.82) is 0 Å². The molecule has 2 aromatic carbocycles. The maximum absolute atomic E-state index is 12.0. The van der Waals surface area contributed by atoms with Crippen molar-refractivity contribution in [3.63, 3.8) is 0 Å². The topological polar surface area (TPSA) is 68.0 Å². The minimum absolute atomic E-state index is 0.0463. The number of anilines is 1. The van der Waals surface area contributed by atoms with Gasteiger partial charge in [0, 0.05) is 17.7 Å². The molecule has 0 aliphatic rings. The lowest BCUT2D eigenvalue weighted by molar-refractivity contribution is -0.115. The summed E-state index contributed by atoms with van der Waals surface area (Å²) in [4.78, 5) is 16.3. The third-order valence-corrected chi connectivity index (χ3v) is 3.41. The molecule has 0 aliphatic carbocycles. The van der Waals surface area contributed by atoms with Crippen molar-refractivity contribution in [3.05, 3.63) is 66.0 Å². The van der Waals surface area contributed by atoms with E-state index in [9.17, 15) is 4.79 Å². The molecule has 0 spiro atoms. The van der Waals surface area contributed by atoms with Gasteiger partial charge in [0.1, 0.15) is 0 Å². The standard InChI is InChI=1S/C18H17N3O2/c1-2-16-20-18(23-21-16)14-8-10-15(11-9-14)19-17(22)12-13-6-4-3-5-7-13/h3-11H,2,12H2,1H3,(H,19,22). The van der Waals surface area contributed by atoms with Crippen LogP contribution in [0, 0.1) is 0 Å². The van der Waals surface area contributed by atoms with Crippen LogP contribution in [0.4, 0.5) is 5.69 Å². The fourth-order valence-corrected chi connectivity index (χ4v) is 2.20. The lowest BCUT2D eigenvalue weighted by Crippen LogP contribution is -2.14. The van der Waals surface area contributed by atoms with Crippen molar-refractivity contribution in [3.8, 4) is 11.5 Å². The summed E-state index contributed by atoms with van der Waals surface area (Å²) in [7, 11) is 0. The molecule has 0 aliphatic heterocycles. The number of rotatable bonds is 5. The number of benzene rings is 2. The van der Waals surface area contributed by atoms with Gasteiger partial charge in [-0.05, 0) is 29.8 Å². The molecule has 23 heavy (non-hydrogen) atoms. The van der Waals surface area contributed by atoms with Gasteiger partial charge in [0.25, 0.3) is 5.89 Å². The van der Waals surface area contributed by atoms with Gasteiger partial charge in [-0.15, -0.1) is 0 Å². The van der Waals surface area contributed by atoms with Gasteiger partial charge in [-0.3, -0.25) is 4.79 Å². The van der Waals surface area contributed by atoms with E-state index in [0.717, 1.165) is 23.2 Å². The average Bonchev–Trinajstić information content (AvgIpc) is 3.05. The average molecular weight is 307 g/mol. The molecule has 5 heteroatoms. The van der Waals surface area contributed by atoms with Gasteiger partial charge in [0.05, 0.1) is 6.42 Å². The molecule has 0 bridgehead atoms. The van der Waals surface area contributed by atoms with E-state index >= 15 is 0 Å². The quantitative estimate of drug-likeness (QED) is 0.783. The maximum Gasteiger partial charge on any atom is 0.257 e. The normalized spacial score (nSPS) is 10.5. The van der Waals surface area contributed by atoms with Crippen molar-refractivity contribution in [2.24, 2.45) is 0 Å². The molecule has 5 nitrogen and oxygen atoms in total. The van der Waals surface area contributed by atoms with Crippen molar-refractivity contribution in [1.82, 2.24) is 10.1 Å². The molecule has 1 N–H and O–H groups in total. The van der Waals surface area contributed by atoms with Gasteiger partial charge in [0.15, 0.2) is 5.82 Å². The zero-order chi connectivity index (χ0) is 16.1. The summed E-state index contributed by atoms with van der Waals surface area (Å²) in [6.45, 7) is 1.97. The highest BCUT2D eigenvalue weighted by Gasteiger charge is 2.08. The molecular formula is C18H17N3O2. The van der Waals surface area contributed by atoms with E-state index in [1.807, 2.05) is 61.5 Å². The van der Waals surface area contributed by atoms with Crippen LogP contribution in [0.5, 0.6) is 0 Å². The summed E-state index contributed by atoms with van der Waals surface area (Å²) < 4.78 is 5.19. The van der Waals surface area contributed by atoms with E-state index in [4.69, 9.17) is 4.52 Å². The first-order valence-corrected chi connectivity index (χ1v) is 7.51. The number of aryl methyl sites for hydroxylation is 1. The zero-order valence-electron chi connectivity index (χ0n) is 12.8. The maximum atomic E-state index is 12.0. The first-order chi connectivity index (χ1) is 11.2. The molecule has 0 saturated carbocycles. The van der Waals surface area contributed by atoms with E-state index < -0.39 is 0 Å². The number of hydrogen-bond donors (Lipinski definition) is 1. The minimum atomic E-state index is -0.0463. The second kappa shape index (κ2) is 6.87. The van der Waals surface area contributed by atoms with Crippen molar-refractivity contribution in [2.75, 3.05) is 5.32 Å². The minimum Gasteiger partial charge on any atom is -0.334 e. The molecule has 3 aromatic rings. The summed E-state index contributed by atoms with van der Waals surface area (Å²) in [5.41, 5.74) is 2.56. The Hall–Kier alpha value is -2.95. The molecule has 1 amide bonds. The summed E-state index contributed by atoms with van der Waals surface area (Å²) in [5.74, 6) is 1.12. The molecule has 0 saturated heterocycles. The SMILES string of the molecule is CCc1noc(-c2ccc(NC(=O)Cc3ccccc3)cc2)n1. The van der Waals surface area contributed by atoms with E-state index in [2.05, 4.69) is 15.5 Å². The number of nitrogens with one attached hydrogen (secondary N) is 1. The Kier molecular flexibility index (Phi) is 4.47. The van der Waals surface area contributed by atoms with Crippen LogP contribution in [0.3, 0.4) is 0 Å². The largest absolute Gasteiger partial charge is 0.334 e. The Morgan fingerprint density at radius 3 is 2.48 bits per heavy atom. The molecule has 0 atom stereocenters. The third kappa shape index (κ3) is 3.83. The molecule has 116 valence electrons. The molecule has 1 aromatic heterocycles. The van der Waals surface area contributed by atoms with Crippen LogP contribution in [0.15, 0.2) is 59.1 Å².